The quantitative estimate of drug-likeness (QED) is 0.453. The summed E-state index contributed by atoms with van der Waals surface area (Å²) in [5, 5.41) is 9.96. The second-order valence-electron chi connectivity index (χ2n) is 6.86. The van der Waals surface area contributed by atoms with Crippen molar-refractivity contribution in [2.75, 3.05) is 31.1 Å². The van der Waals surface area contributed by atoms with E-state index in [1.165, 1.54) is 15.6 Å². The molecular weight excluding hydrogens is 436 g/mol. The average Bonchev–Trinajstić information content (AvgIpc) is 3.53. The summed E-state index contributed by atoms with van der Waals surface area (Å²) in [6, 6.07) is 12.9. The zero-order chi connectivity index (χ0) is 21.3. The zero-order valence-electron chi connectivity index (χ0n) is 16.3. The molecule has 9 nitrogen and oxygen atoms in total. The summed E-state index contributed by atoms with van der Waals surface area (Å²) in [5.41, 5.74) is 1.30. The van der Waals surface area contributed by atoms with Crippen LogP contribution in [0.15, 0.2) is 68.9 Å². The molecule has 1 saturated heterocycles. The summed E-state index contributed by atoms with van der Waals surface area (Å²) in [7, 11) is -3.44. The van der Waals surface area contributed by atoms with Crippen LogP contribution in [0.4, 0.5) is 5.82 Å². The number of hydrogen-bond acceptors (Lipinski definition) is 9. The minimum absolute atomic E-state index is 0.284. The van der Waals surface area contributed by atoms with E-state index in [0.717, 1.165) is 5.56 Å². The van der Waals surface area contributed by atoms with E-state index in [1.807, 2.05) is 35.2 Å². The Morgan fingerprint density at radius 2 is 1.68 bits per heavy atom. The van der Waals surface area contributed by atoms with Gasteiger partial charge in [-0.25, -0.2) is 13.4 Å². The number of nitrogens with zero attached hydrogens (tertiary/aromatic N) is 6. The molecule has 0 radical (unpaired) electrons. The van der Waals surface area contributed by atoms with Crippen molar-refractivity contribution in [3.05, 3.63) is 60.2 Å². The van der Waals surface area contributed by atoms with Crippen molar-refractivity contribution >= 4 is 27.2 Å². The molecule has 1 aliphatic heterocycles. The van der Waals surface area contributed by atoms with Crippen LogP contribution < -0.4 is 4.90 Å². The first-order valence-electron chi connectivity index (χ1n) is 9.61. The van der Waals surface area contributed by atoms with Crippen molar-refractivity contribution in [1.29, 1.82) is 0 Å². The first kappa shape index (κ1) is 19.8. The second-order valence-corrected chi connectivity index (χ2v) is 9.98. The Balaban J connectivity index is 1.31. The summed E-state index contributed by atoms with van der Waals surface area (Å²) in [5.74, 6) is 1.34. The molecule has 0 N–H and O–H groups in total. The average molecular weight is 455 g/mol. The first-order chi connectivity index (χ1) is 15.1. The van der Waals surface area contributed by atoms with Gasteiger partial charge < -0.3 is 9.32 Å². The van der Waals surface area contributed by atoms with E-state index in [2.05, 4.69) is 20.2 Å². The first-order valence-corrected chi connectivity index (χ1v) is 11.9. The second kappa shape index (κ2) is 8.17. The van der Waals surface area contributed by atoms with Crippen LogP contribution >= 0.6 is 11.3 Å². The summed E-state index contributed by atoms with van der Waals surface area (Å²) in [6.45, 7) is 1.79. The number of hydrogen-bond donors (Lipinski definition) is 0. The van der Waals surface area contributed by atoms with Crippen LogP contribution in [0, 0.1) is 0 Å². The number of benzene rings is 1. The Morgan fingerprint density at radius 3 is 2.42 bits per heavy atom. The summed E-state index contributed by atoms with van der Waals surface area (Å²) in [6.07, 6.45) is 3.23. The van der Waals surface area contributed by atoms with Crippen LogP contribution in [-0.2, 0) is 10.0 Å². The SMILES string of the molecule is O=S(=O)(c1cccs1)N1CCN(c2cncc(-c3nnc(-c4ccccc4)o3)n2)CC1. The lowest BCUT2D eigenvalue weighted by molar-refractivity contribution is 0.384. The molecule has 11 heteroatoms. The Bertz CT molecular complexity index is 1270. The highest BCUT2D eigenvalue weighted by Gasteiger charge is 2.29. The highest BCUT2D eigenvalue weighted by Crippen LogP contribution is 2.25. The van der Waals surface area contributed by atoms with Crippen LogP contribution in [-0.4, -0.2) is 59.1 Å². The van der Waals surface area contributed by atoms with Crippen LogP contribution in [0.5, 0.6) is 0 Å². The normalized spacial score (nSPS) is 15.3. The fourth-order valence-corrected chi connectivity index (χ4v) is 5.90. The van der Waals surface area contributed by atoms with Gasteiger partial charge in [0.25, 0.3) is 15.9 Å². The van der Waals surface area contributed by atoms with Gasteiger partial charge in [-0.1, -0.05) is 24.3 Å². The van der Waals surface area contributed by atoms with Crippen molar-refractivity contribution in [3.63, 3.8) is 0 Å². The molecule has 0 unspecified atom stereocenters. The van der Waals surface area contributed by atoms with Gasteiger partial charge in [-0.05, 0) is 23.6 Å². The molecule has 0 amide bonds. The highest BCUT2D eigenvalue weighted by atomic mass is 32.2. The number of sulfonamides is 1. The molecule has 31 heavy (non-hydrogen) atoms. The summed E-state index contributed by atoms with van der Waals surface area (Å²) in [4.78, 5) is 10.9. The molecular formula is C20H18N6O3S2. The zero-order valence-corrected chi connectivity index (χ0v) is 18.0. The van der Waals surface area contributed by atoms with Gasteiger partial charge in [0.15, 0.2) is 0 Å². The molecule has 1 aromatic carbocycles. The van der Waals surface area contributed by atoms with Crippen molar-refractivity contribution < 1.29 is 12.8 Å². The van der Waals surface area contributed by atoms with Crippen LogP contribution in [0.1, 0.15) is 0 Å². The predicted molar refractivity (Wildman–Crippen MR) is 116 cm³/mol. The molecule has 158 valence electrons. The maximum atomic E-state index is 12.7. The van der Waals surface area contributed by atoms with Gasteiger partial charge >= 0.3 is 0 Å². The van der Waals surface area contributed by atoms with Crippen molar-refractivity contribution in [2.45, 2.75) is 4.21 Å². The minimum Gasteiger partial charge on any atom is -0.415 e. The fourth-order valence-electron chi connectivity index (χ4n) is 3.33. The molecule has 5 rings (SSSR count). The Hall–Kier alpha value is -3.15. The lowest BCUT2D eigenvalue weighted by Gasteiger charge is -2.34. The van der Waals surface area contributed by atoms with E-state index >= 15 is 0 Å². The Morgan fingerprint density at radius 1 is 0.903 bits per heavy atom. The van der Waals surface area contributed by atoms with Crippen LogP contribution in [0.25, 0.3) is 23.0 Å². The van der Waals surface area contributed by atoms with Crippen molar-refractivity contribution in [2.24, 2.45) is 0 Å². The smallest absolute Gasteiger partial charge is 0.268 e. The predicted octanol–water partition coefficient (Wildman–Crippen LogP) is 2.77. The third kappa shape index (κ3) is 3.94. The standard InChI is InChI=1S/C20H18N6O3S2/c27-31(28,18-7-4-12-30-18)26-10-8-25(9-11-26)17-14-21-13-16(22-17)20-24-23-19(29-20)15-5-2-1-3-6-15/h1-7,12-14H,8-11H2. The summed E-state index contributed by atoms with van der Waals surface area (Å²) >= 11 is 1.23. The third-order valence-electron chi connectivity index (χ3n) is 4.94. The molecule has 3 aromatic heterocycles. The molecule has 4 heterocycles. The number of rotatable bonds is 5. The Kier molecular flexibility index (Phi) is 5.22. The number of piperazine rings is 1. The molecule has 0 aliphatic carbocycles. The van der Waals surface area contributed by atoms with Gasteiger partial charge in [0.05, 0.1) is 12.4 Å². The maximum Gasteiger partial charge on any atom is 0.268 e. The monoisotopic (exact) mass is 454 g/mol. The van der Waals surface area contributed by atoms with Gasteiger partial charge in [0, 0.05) is 31.7 Å². The fraction of sp³-hybridized carbons (Fsp3) is 0.200. The molecule has 0 spiro atoms. The van der Waals surface area contributed by atoms with E-state index in [9.17, 15) is 8.42 Å². The largest absolute Gasteiger partial charge is 0.415 e. The lowest BCUT2D eigenvalue weighted by Crippen LogP contribution is -2.48. The van der Waals surface area contributed by atoms with Gasteiger partial charge in [0.1, 0.15) is 15.7 Å². The van der Waals surface area contributed by atoms with Crippen molar-refractivity contribution in [3.8, 4) is 23.0 Å². The van der Waals surface area contributed by atoms with E-state index in [-0.39, 0.29) is 5.89 Å². The third-order valence-corrected chi connectivity index (χ3v) is 8.21. The lowest BCUT2D eigenvalue weighted by atomic mass is 10.2. The molecule has 1 aliphatic rings. The number of anilines is 1. The molecule has 0 atom stereocenters. The van der Waals surface area contributed by atoms with Crippen LogP contribution in [0.3, 0.4) is 0 Å². The number of aromatic nitrogens is 4. The van der Waals surface area contributed by atoms with E-state index in [4.69, 9.17) is 4.42 Å². The minimum atomic E-state index is -3.44. The van der Waals surface area contributed by atoms with Gasteiger partial charge in [-0.2, -0.15) is 4.31 Å². The molecule has 0 saturated carbocycles. The number of thiophene rings is 1. The van der Waals surface area contributed by atoms with E-state index in [1.54, 1.807) is 29.9 Å². The van der Waals surface area contributed by atoms with Gasteiger partial charge in [-0.3, -0.25) is 4.98 Å². The molecule has 1 fully saturated rings. The molecule has 0 bridgehead atoms. The van der Waals surface area contributed by atoms with Gasteiger partial charge in [0.2, 0.25) is 5.89 Å². The van der Waals surface area contributed by atoms with E-state index < -0.39 is 10.0 Å². The maximum absolute atomic E-state index is 12.7. The van der Waals surface area contributed by atoms with Gasteiger partial charge in [-0.15, -0.1) is 21.5 Å². The topological polar surface area (TPSA) is 105 Å². The summed E-state index contributed by atoms with van der Waals surface area (Å²) < 4.78 is 33.1. The van der Waals surface area contributed by atoms with Crippen LogP contribution in [0.2, 0.25) is 0 Å². The van der Waals surface area contributed by atoms with Crippen molar-refractivity contribution in [1.82, 2.24) is 24.5 Å². The Labute approximate surface area is 183 Å². The molecule has 4 aromatic rings. The highest BCUT2D eigenvalue weighted by molar-refractivity contribution is 7.91. The van der Waals surface area contributed by atoms with E-state index in [0.29, 0.717) is 47.8 Å².